The zero-order valence-electron chi connectivity index (χ0n) is 9.72. The number of benzene rings is 1. The fraction of sp³-hybridized carbons (Fsp3) is 0.0909. The van der Waals surface area contributed by atoms with Gasteiger partial charge in [-0.3, -0.25) is 10.1 Å². The minimum atomic E-state index is -0.560. The third-order valence-electron chi connectivity index (χ3n) is 2.44. The fourth-order valence-corrected chi connectivity index (χ4v) is 2.17. The normalized spacial score (nSPS) is 10.5. The van der Waals surface area contributed by atoms with Gasteiger partial charge in [0.2, 0.25) is 5.95 Å². The van der Waals surface area contributed by atoms with Crippen LogP contribution in [0.4, 0.5) is 11.6 Å². The van der Waals surface area contributed by atoms with E-state index >= 15 is 0 Å². The molecule has 19 heavy (non-hydrogen) atoms. The highest BCUT2D eigenvalue weighted by atomic mass is 35.5. The molecule has 0 bridgehead atoms. The van der Waals surface area contributed by atoms with Crippen LogP contribution in [0.25, 0.3) is 11.3 Å². The van der Waals surface area contributed by atoms with Gasteiger partial charge in [0.15, 0.2) is 5.69 Å². The number of hydrogen-bond acceptors (Lipinski definition) is 5. The van der Waals surface area contributed by atoms with Gasteiger partial charge in [-0.1, -0.05) is 23.2 Å². The van der Waals surface area contributed by atoms with Crippen molar-refractivity contribution in [3.63, 3.8) is 0 Å². The van der Waals surface area contributed by atoms with Gasteiger partial charge in [-0.25, -0.2) is 9.97 Å². The Hall–Kier alpha value is -1.92. The number of anilines is 1. The molecule has 0 spiro atoms. The first-order valence-electron chi connectivity index (χ1n) is 5.14. The van der Waals surface area contributed by atoms with Crippen LogP contribution in [-0.4, -0.2) is 14.9 Å². The van der Waals surface area contributed by atoms with Crippen molar-refractivity contribution in [2.75, 3.05) is 5.73 Å². The molecule has 0 fully saturated rings. The molecule has 2 aromatic rings. The van der Waals surface area contributed by atoms with Gasteiger partial charge >= 0.3 is 5.69 Å². The van der Waals surface area contributed by atoms with Crippen molar-refractivity contribution in [3.05, 3.63) is 44.1 Å². The number of halogens is 2. The number of rotatable bonds is 2. The first-order valence-corrected chi connectivity index (χ1v) is 5.89. The summed E-state index contributed by atoms with van der Waals surface area (Å²) >= 11 is 11.8. The summed E-state index contributed by atoms with van der Waals surface area (Å²) in [5.41, 5.74) is 5.95. The topological polar surface area (TPSA) is 94.9 Å². The highest BCUT2D eigenvalue weighted by molar-refractivity contribution is 6.36. The molecule has 0 aliphatic carbocycles. The number of aryl methyl sites for hydroxylation is 1. The summed E-state index contributed by atoms with van der Waals surface area (Å²) in [5.74, 6) is -0.0517. The second kappa shape index (κ2) is 4.99. The second-order valence-corrected chi connectivity index (χ2v) is 4.59. The summed E-state index contributed by atoms with van der Waals surface area (Å²) in [6.07, 6.45) is 0. The van der Waals surface area contributed by atoms with Crippen LogP contribution in [0.2, 0.25) is 10.0 Å². The van der Waals surface area contributed by atoms with Crippen molar-refractivity contribution in [2.24, 2.45) is 0 Å². The van der Waals surface area contributed by atoms with Crippen LogP contribution < -0.4 is 5.73 Å². The number of nitro groups is 1. The standard InChI is InChI=1S/C11H8Cl2N4O2/c1-5-10(17(18)19)9(16-11(14)15-5)7-3-2-6(12)4-8(7)13/h2-4H,1H3,(H2,14,15,16). The van der Waals surface area contributed by atoms with E-state index in [0.717, 1.165) is 0 Å². The first-order chi connectivity index (χ1) is 8.90. The molecule has 0 atom stereocenters. The molecule has 0 amide bonds. The third kappa shape index (κ3) is 2.59. The molecular weight excluding hydrogens is 291 g/mol. The molecule has 0 radical (unpaired) electrons. The maximum absolute atomic E-state index is 11.1. The van der Waals surface area contributed by atoms with Crippen molar-refractivity contribution in [3.8, 4) is 11.3 Å². The van der Waals surface area contributed by atoms with E-state index < -0.39 is 4.92 Å². The molecule has 2 N–H and O–H groups in total. The predicted octanol–water partition coefficient (Wildman–Crippen LogP) is 3.25. The van der Waals surface area contributed by atoms with Crippen molar-refractivity contribution < 1.29 is 4.92 Å². The van der Waals surface area contributed by atoms with Gasteiger partial charge in [0, 0.05) is 10.6 Å². The minimum Gasteiger partial charge on any atom is -0.368 e. The van der Waals surface area contributed by atoms with Crippen molar-refractivity contribution >= 4 is 34.8 Å². The molecule has 98 valence electrons. The van der Waals surface area contributed by atoms with Crippen molar-refractivity contribution in [1.29, 1.82) is 0 Å². The van der Waals surface area contributed by atoms with E-state index in [1.165, 1.54) is 13.0 Å². The molecule has 0 aliphatic heterocycles. The van der Waals surface area contributed by atoms with Crippen LogP contribution in [0.3, 0.4) is 0 Å². The van der Waals surface area contributed by atoms with Crippen LogP contribution in [0, 0.1) is 17.0 Å². The Labute approximate surface area is 118 Å². The molecule has 1 aromatic carbocycles. The molecule has 0 saturated heterocycles. The summed E-state index contributed by atoms with van der Waals surface area (Å²) < 4.78 is 0. The predicted molar refractivity (Wildman–Crippen MR) is 73.3 cm³/mol. The lowest BCUT2D eigenvalue weighted by molar-refractivity contribution is -0.385. The minimum absolute atomic E-state index is 0.0517. The van der Waals surface area contributed by atoms with E-state index in [9.17, 15) is 10.1 Å². The van der Waals surface area contributed by atoms with Gasteiger partial charge in [-0.05, 0) is 25.1 Å². The number of nitrogens with zero attached hydrogens (tertiary/aromatic N) is 3. The van der Waals surface area contributed by atoms with Gasteiger partial charge in [0.1, 0.15) is 5.69 Å². The molecule has 6 nitrogen and oxygen atoms in total. The Kier molecular flexibility index (Phi) is 3.55. The molecule has 1 heterocycles. The number of nitrogens with two attached hydrogens (primary N) is 1. The van der Waals surface area contributed by atoms with E-state index in [1.54, 1.807) is 12.1 Å². The molecule has 0 aliphatic rings. The highest BCUT2D eigenvalue weighted by Crippen LogP contribution is 2.36. The van der Waals surface area contributed by atoms with Crippen LogP contribution >= 0.6 is 23.2 Å². The van der Waals surface area contributed by atoms with E-state index in [0.29, 0.717) is 10.6 Å². The molecule has 1 aromatic heterocycles. The number of nitrogen functional groups attached to an aromatic ring is 1. The second-order valence-electron chi connectivity index (χ2n) is 3.75. The summed E-state index contributed by atoms with van der Waals surface area (Å²) in [5, 5.41) is 11.8. The zero-order chi connectivity index (χ0) is 14.2. The molecule has 0 unspecified atom stereocenters. The SMILES string of the molecule is Cc1nc(N)nc(-c2ccc(Cl)cc2Cl)c1[N+](=O)[O-]. The fourth-order valence-electron chi connectivity index (χ4n) is 1.68. The quantitative estimate of drug-likeness (QED) is 0.678. The summed E-state index contributed by atoms with van der Waals surface area (Å²) in [4.78, 5) is 18.3. The molecule has 2 rings (SSSR count). The van der Waals surface area contributed by atoms with Crippen molar-refractivity contribution in [1.82, 2.24) is 9.97 Å². The monoisotopic (exact) mass is 298 g/mol. The lowest BCUT2D eigenvalue weighted by atomic mass is 10.1. The lowest BCUT2D eigenvalue weighted by Gasteiger charge is -2.07. The van der Waals surface area contributed by atoms with Gasteiger partial charge in [0.25, 0.3) is 0 Å². The molecular formula is C11H8Cl2N4O2. The van der Waals surface area contributed by atoms with Crippen LogP contribution in [0.1, 0.15) is 5.69 Å². The highest BCUT2D eigenvalue weighted by Gasteiger charge is 2.24. The molecule has 0 saturated carbocycles. The Bertz CT molecular complexity index is 676. The summed E-state index contributed by atoms with van der Waals surface area (Å²) in [6, 6.07) is 4.61. The smallest absolute Gasteiger partial charge is 0.316 e. The van der Waals surface area contributed by atoms with Crippen molar-refractivity contribution in [2.45, 2.75) is 6.92 Å². The Morgan fingerprint density at radius 1 is 1.32 bits per heavy atom. The number of aromatic nitrogens is 2. The lowest BCUT2D eigenvalue weighted by Crippen LogP contribution is -2.04. The van der Waals surface area contributed by atoms with Gasteiger partial charge in [-0.15, -0.1) is 0 Å². The largest absolute Gasteiger partial charge is 0.368 e. The maximum atomic E-state index is 11.1. The molecule has 8 heteroatoms. The third-order valence-corrected chi connectivity index (χ3v) is 2.99. The average molecular weight is 299 g/mol. The van der Waals surface area contributed by atoms with Crippen LogP contribution in [0.15, 0.2) is 18.2 Å². The van der Waals surface area contributed by atoms with Crippen LogP contribution in [-0.2, 0) is 0 Å². The van der Waals surface area contributed by atoms with E-state index in [4.69, 9.17) is 28.9 Å². The van der Waals surface area contributed by atoms with Gasteiger partial charge in [-0.2, -0.15) is 0 Å². The van der Waals surface area contributed by atoms with Gasteiger partial charge in [0.05, 0.1) is 9.95 Å². The average Bonchev–Trinajstić information content (AvgIpc) is 2.26. The summed E-state index contributed by atoms with van der Waals surface area (Å²) in [6.45, 7) is 1.49. The van der Waals surface area contributed by atoms with E-state index in [-0.39, 0.29) is 28.0 Å². The first kappa shape index (κ1) is 13.5. The maximum Gasteiger partial charge on any atom is 0.316 e. The van der Waals surface area contributed by atoms with E-state index in [1.807, 2.05) is 0 Å². The van der Waals surface area contributed by atoms with E-state index in [2.05, 4.69) is 9.97 Å². The number of hydrogen-bond donors (Lipinski definition) is 1. The van der Waals surface area contributed by atoms with Gasteiger partial charge < -0.3 is 5.73 Å². The Balaban J connectivity index is 2.77. The Morgan fingerprint density at radius 3 is 2.58 bits per heavy atom. The zero-order valence-corrected chi connectivity index (χ0v) is 11.2. The summed E-state index contributed by atoms with van der Waals surface area (Å²) in [7, 11) is 0. The van der Waals surface area contributed by atoms with Crippen LogP contribution in [0.5, 0.6) is 0 Å². The Morgan fingerprint density at radius 2 is 2.00 bits per heavy atom.